The third-order valence-electron chi connectivity index (χ3n) is 4.28. The number of hydrogen-bond acceptors (Lipinski definition) is 3. The van der Waals surface area contributed by atoms with Crippen molar-refractivity contribution in [1.29, 1.82) is 0 Å². The summed E-state index contributed by atoms with van der Waals surface area (Å²) in [4.78, 5) is 0. The van der Waals surface area contributed by atoms with Crippen LogP contribution in [-0.2, 0) is 9.47 Å². The first-order valence-corrected chi connectivity index (χ1v) is 7.14. The molecule has 2 rings (SSSR count). The van der Waals surface area contributed by atoms with E-state index in [1.165, 1.54) is 38.5 Å². The van der Waals surface area contributed by atoms with E-state index in [0.29, 0.717) is 6.10 Å². The summed E-state index contributed by atoms with van der Waals surface area (Å²) < 4.78 is 11.9. The van der Waals surface area contributed by atoms with Crippen LogP contribution in [0.3, 0.4) is 0 Å². The SMILES string of the molecule is CNCC1(OCC2CCCO2)CCC(C)CC1. The van der Waals surface area contributed by atoms with E-state index in [1.807, 2.05) is 7.05 Å². The summed E-state index contributed by atoms with van der Waals surface area (Å²) in [5, 5.41) is 3.30. The van der Waals surface area contributed by atoms with Crippen LogP contribution in [-0.4, -0.2) is 38.5 Å². The molecule has 1 saturated heterocycles. The molecule has 0 bridgehead atoms. The molecule has 1 saturated carbocycles. The van der Waals surface area contributed by atoms with Crippen molar-refractivity contribution in [3.63, 3.8) is 0 Å². The Hall–Kier alpha value is -0.120. The van der Waals surface area contributed by atoms with Crippen molar-refractivity contribution in [2.24, 2.45) is 5.92 Å². The van der Waals surface area contributed by atoms with Crippen molar-refractivity contribution in [1.82, 2.24) is 5.32 Å². The standard InChI is InChI=1S/C14H27NO2/c1-12-5-7-14(8-6-12,11-15-2)17-10-13-4-3-9-16-13/h12-13,15H,3-11H2,1-2H3. The van der Waals surface area contributed by atoms with Crippen molar-refractivity contribution in [3.05, 3.63) is 0 Å². The van der Waals surface area contributed by atoms with Gasteiger partial charge >= 0.3 is 0 Å². The molecule has 1 atom stereocenters. The van der Waals surface area contributed by atoms with E-state index < -0.39 is 0 Å². The molecule has 1 N–H and O–H groups in total. The van der Waals surface area contributed by atoms with Gasteiger partial charge in [-0.25, -0.2) is 0 Å². The first-order valence-electron chi connectivity index (χ1n) is 7.14. The predicted molar refractivity (Wildman–Crippen MR) is 69.2 cm³/mol. The maximum absolute atomic E-state index is 6.26. The largest absolute Gasteiger partial charge is 0.376 e. The molecule has 0 spiro atoms. The molecule has 100 valence electrons. The van der Waals surface area contributed by atoms with Crippen LogP contribution in [0.4, 0.5) is 0 Å². The normalized spacial score (nSPS) is 38.5. The second-order valence-electron chi connectivity index (χ2n) is 5.84. The van der Waals surface area contributed by atoms with Gasteiger partial charge in [0.25, 0.3) is 0 Å². The van der Waals surface area contributed by atoms with Gasteiger partial charge < -0.3 is 14.8 Å². The highest BCUT2D eigenvalue weighted by Gasteiger charge is 2.35. The third kappa shape index (κ3) is 3.67. The summed E-state index contributed by atoms with van der Waals surface area (Å²) in [6.07, 6.45) is 7.71. The lowest BCUT2D eigenvalue weighted by Crippen LogP contribution is -2.46. The fraction of sp³-hybridized carbons (Fsp3) is 1.00. The van der Waals surface area contributed by atoms with Crippen LogP contribution in [0.5, 0.6) is 0 Å². The van der Waals surface area contributed by atoms with Crippen molar-refractivity contribution < 1.29 is 9.47 Å². The summed E-state index contributed by atoms with van der Waals surface area (Å²) in [5.74, 6) is 0.867. The van der Waals surface area contributed by atoms with Gasteiger partial charge in [-0.3, -0.25) is 0 Å². The van der Waals surface area contributed by atoms with Crippen molar-refractivity contribution in [2.45, 2.75) is 57.2 Å². The molecular weight excluding hydrogens is 214 g/mol. The second kappa shape index (κ2) is 6.17. The Bertz CT molecular complexity index is 218. The molecule has 1 unspecified atom stereocenters. The third-order valence-corrected chi connectivity index (χ3v) is 4.28. The van der Waals surface area contributed by atoms with E-state index in [1.54, 1.807) is 0 Å². The Labute approximate surface area is 105 Å². The Balaban J connectivity index is 1.82. The Morgan fingerprint density at radius 3 is 2.65 bits per heavy atom. The zero-order valence-electron chi connectivity index (χ0n) is 11.3. The molecule has 3 heteroatoms. The zero-order valence-corrected chi connectivity index (χ0v) is 11.3. The van der Waals surface area contributed by atoms with E-state index in [0.717, 1.165) is 25.7 Å². The highest BCUT2D eigenvalue weighted by Crippen LogP contribution is 2.34. The van der Waals surface area contributed by atoms with Gasteiger partial charge in [0.15, 0.2) is 0 Å². The minimum Gasteiger partial charge on any atom is -0.376 e. The van der Waals surface area contributed by atoms with Crippen LogP contribution >= 0.6 is 0 Å². The highest BCUT2D eigenvalue weighted by atomic mass is 16.5. The molecule has 1 aliphatic heterocycles. The van der Waals surface area contributed by atoms with Gasteiger partial charge in [-0.1, -0.05) is 6.92 Å². The van der Waals surface area contributed by atoms with E-state index >= 15 is 0 Å². The van der Waals surface area contributed by atoms with Gasteiger partial charge in [-0.05, 0) is 51.5 Å². The van der Waals surface area contributed by atoms with Gasteiger partial charge in [-0.15, -0.1) is 0 Å². The lowest BCUT2D eigenvalue weighted by atomic mass is 9.79. The highest BCUT2D eigenvalue weighted by molar-refractivity contribution is 4.88. The summed E-state index contributed by atoms with van der Waals surface area (Å²) in [5.41, 5.74) is 0.0766. The Kier molecular flexibility index (Phi) is 4.83. The van der Waals surface area contributed by atoms with Crippen LogP contribution < -0.4 is 5.32 Å². The predicted octanol–water partition coefficient (Wildman–Crippen LogP) is 2.35. The first-order chi connectivity index (χ1) is 8.24. The summed E-state index contributed by atoms with van der Waals surface area (Å²) in [6, 6.07) is 0. The van der Waals surface area contributed by atoms with Crippen LogP contribution in [0.15, 0.2) is 0 Å². The average Bonchev–Trinajstić information content (AvgIpc) is 2.84. The topological polar surface area (TPSA) is 30.5 Å². The van der Waals surface area contributed by atoms with Gasteiger partial charge in [0.2, 0.25) is 0 Å². The number of nitrogens with one attached hydrogen (secondary N) is 1. The zero-order chi connectivity index (χ0) is 12.1. The number of hydrogen-bond donors (Lipinski definition) is 1. The fourth-order valence-corrected chi connectivity index (χ4v) is 3.03. The van der Waals surface area contributed by atoms with E-state index in [4.69, 9.17) is 9.47 Å². The van der Waals surface area contributed by atoms with Crippen molar-refractivity contribution in [2.75, 3.05) is 26.8 Å². The second-order valence-corrected chi connectivity index (χ2v) is 5.84. The van der Waals surface area contributed by atoms with E-state index in [-0.39, 0.29) is 5.60 Å². The van der Waals surface area contributed by atoms with E-state index in [2.05, 4.69) is 12.2 Å². The van der Waals surface area contributed by atoms with Crippen LogP contribution in [0.2, 0.25) is 0 Å². The van der Waals surface area contributed by atoms with E-state index in [9.17, 15) is 0 Å². The summed E-state index contributed by atoms with van der Waals surface area (Å²) in [7, 11) is 2.02. The average molecular weight is 241 g/mol. The molecule has 0 aromatic heterocycles. The van der Waals surface area contributed by atoms with Crippen LogP contribution in [0.25, 0.3) is 0 Å². The molecule has 0 radical (unpaired) electrons. The van der Waals surface area contributed by atoms with Gasteiger partial charge in [0, 0.05) is 13.2 Å². The summed E-state index contributed by atoms with van der Waals surface area (Å²) >= 11 is 0. The molecule has 17 heavy (non-hydrogen) atoms. The monoisotopic (exact) mass is 241 g/mol. The Morgan fingerprint density at radius 2 is 2.06 bits per heavy atom. The molecule has 3 nitrogen and oxygen atoms in total. The Morgan fingerprint density at radius 1 is 1.29 bits per heavy atom. The number of likely N-dealkylation sites (N-methyl/N-ethyl adjacent to an activating group) is 1. The molecule has 0 aromatic carbocycles. The first kappa shape index (κ1) is 13.3. The van der Waals surface area contributed by atoms with Gasteiger partial charge in [0.05, 0.1) is 18.3 Å². The quantitative estimate of drug-likeness (QED) is 0.801. The minimum atomic E-state index is 0.0766. The molecule has 2 aliphatic rings. The lowest BCUT2D eigenvalue weighted by molar-refractivity contribution is -0.104. The van der Waals surface area contributed by atoms with Crippen molar-refractivity contribution in [3.8, 4) is 0 Å². The minimum absolute atomic E-state index is 0.0766. The molecule has 1 aliphatic carbocycles. The smallest absolute Gasteiger partial charge is 0.0809 e. The van der Waals surface area contributed by atoms with Crippen LogP contribution in [0.1, 0.15) is 45.4 Å². The van der Waals surface area contributed by atoms with Crippen molar-refractivity contribution >= 4 is 0 Å². The molecular formula is C14H27NO2. The lowest BCUT2D eigenvalue weighted by Gasteiger charge is -2.40. The van der Waals surface area contributed by atoms with Gasteiger partial charge in [0.1, 0.15) is 0 Å². The molecule has 0 aromatic rings. The molecule has 1 heterocycles. The number of rotatable bonds is 5. The summed E-state index contributed by atoms with van der Waals surface area (Å²) in [6.45, 7) is 5.04. The van der Waals surface area contributed by atoms with Crippen LogP contribution in [0, 0.1) is 5.92 Å². The van der Waals surface area contributed by atoms with Gasteiger partial charge in [-0.2, -0.15) is 0 Å². The molecule has 2 fully saturated rings. The number of ether oxygens (including phenoxy) is 2. The molecule has 0 amide bonds. The fourth-order valence-electron chi connectivity index (χ4n) is 3.03. The maximum atomic E-state index is 6.26. The maximum Gasteiger partial charge on any atom is 0.0809 e.